The molecule has 1 aliphatic heterocycles. The summed E-state index contributed by atoms with van der Waals surface area (Å²) in [7, 11) is 1.49. The number of rotatable bonds is 8. The van der Waals surface area contributed by atoms with E-state index in [1.54, 1.807) is 27.7 Å². The molecule has 32 heavy (non-hydrogen) atoms. The number of ether oxygens (including phenoxy) is 2. The molecular formula is C24H34N2O6. The van der Waals surface area contributed by atoms with E-state index in [9.17, 15) is 19.5 Å². The van der Waals surface area contributed by atoms with Crippen LogP contribution in [0.5, 0.6) is 0 Å². The molecule has 1 aliphatic carbocycles. The molecule has 8 nitrogen and oxygen atoms in total. The summed E-state index contributed by atoms with van der Waals surface area (Å²) in [6.07, 6.45) is 0.269. The van der Waals surface area contributed by atoms with Gasteiger partial charge in [-0.05, 0) is 45.1 Å². The average molecular weight is 447 g/mol. The molecule has 2 N–H and O–H groups in total. The van der Waals surface area contributed by atoms with Crippen molar-refractivity contribution in [2.24, 2.45) is 11.8 Å². The Bertz CT molecular complexity index is 837. The minimum Gasteiger partial charge on any atom is -0.465 e. The molecule has 0 spiro atoms. The summed E-state index contributed by atoms with van der Waals surface area (Å²) in [5.74, 6) is -1.18. The van der Waals surface area contributed by atoms with Crippen molar-refractivity contribution >= 4 is 18.0 Å². The second-order valence-corrected chi connectivity index (χ2v) is 9.83. The topological polar surface area (TPSA) is 105 Å². The summed E-state index contributed by atoms with van der Waals surface area (Å²) < 4.78 is 11.2. The monoisotopic (exact) mass is 446 g/mol. The van der Waals surface area contributed by atoms with Crippen molar-refractivity contribution in [2.45, 2.75) is 76.8 Å². The second-order valence-electron chi connectivity index (χ2n) is 9.83. The van der Waals surface area contributed by atoms with Crippen LogP contribution in [0.4, 0.5) is 4.79 Å². The fourth-order valence-electron chi connectivity index (χ4n) is 4.63. The van der Waals surface area contributed by atoms with Crippen LogP contribution in [-0.2, 0) is 25.5 Å². The number of benzene rings is 1. The average Bonchev–Trinajstić information content (AvgIpc) is 3.36. The highest BCUT2D eigenvalue weighted by atomic mass is 16.6. The molecule has 0 aromatic heterocycles. The van der Waals surface area contributed by atoms with Crippen LogP contribution < -0.4 is 5.32 Å². The number of carbonyl (C=O) groups is 3. The standard InChI is InChI=1S/C24H34N2O6/c1-14(20(31-5)19-13-16-12-18(16)26(19)23(29)30)21(27)25-17(22(28)32-24(2,3)4)11-15-9-7-6-8-10-15/h6-10,14,16-20H,11-13H2,1-5H3,(H,25,27)(H,29,30)/t14-,16?,17+,18?,19?,20-/m1/s1. The van der Waals surface area contributed by atoms with E-state index in [1.807, 2.05) is 30.3 Å². The molecule has 2 aliphatic rings. The minimum absolute atomic E-state index is 0.0259. The second kappa shape index (κ2) is 9.48. The number of carbonyl (C=O) groups excluding carboxylic acids is 2. The Labute approximate surface area is 189 Å². The molecule has 1 heterocycles. The molecule has 0 radical (unpaired) electrons. The summed E-state index contributed by atoms with van der Waals surface area (Å²) in [4.78, 5) is 39.2. The Hall–Kier alpha value is -2.61. The first-order chi connectivity index (χ1) is 15.0. The summed E-state index contributed by atoms with van der Waals surface area (Å²) >= 11 is 0. The van der Waals surface area contributed by atoms with Gasteiger partial charge >= 0.3 is 12.1 Å². The molecule has 8 heteroatoms. The molecule has 3 rings (SSSR count). The Kier molecular flexibility index (Phi) is 7.12. The maximum absolute atomic E-state index is 13.2. The third kappa shape index (κ3) is 5.59. The molecule has 1 saturated carbocycles. The number of piperidine rings is 1. The van der Waals surface area contributed by atoms with Gasteiger partial charge in [0.25, 0.3) is 0 Å². The SMILES string of the molecule is CO[C@@H](C1CC2CC2N1C(=O)O)[C@@H](C)C(=O)N[C@@H](Cc1ccccc1)C(=O)OC(C)(C)C. The van der Waals surface area contributed by atoms with Gasteiger partial charge in [0, 0.05) is 19.6 Å². The quantitative estimate of drug-likeness (QED) is 0.595. The number of esters is 1. The van der Waals surface area contributed by atoms with Gasteiger partial charge in [-0.1, -0.05) is 37.3 Å². The smallest absolute Gasteiger partial charge is 0.407 e. The highest BCUT2D eigenvalue weighted by molar-refractivity contribution is 5.86. The van der Waals surface area contributed by atoms with Gasteiger partial charge in [0.2, 0.25) is 5.91 Å². The maximum Gasteiger partial charge on any atom is 0.407 e. The fourth-order valence-corrected chi connectivity index (χ4v) is 4.63. The summed E-state index contributed by atoms with van der Waals surface area (Å²) in [5, 5.41) is 12.5. The maximum atomic E-state index is 13.2. The molecule has 0 bridgehead atoms. The zero-order chi connectivity index (χ0) is 23.6. The molecule has 1 aromatic rings. The Balaban J connectivity index is 1.73. The van der Waals surface area contributed by atoms with E-state index in [2.05, 4.69) is 5.32 Å². The highest BCUT2D eigenvalue weighted by Gasteiger charge is 2.57. The van der Waals surface area contributed by atoms with E-state index in [0.717, 1.165) is 12.0 Å². The van der Waals surface area contributed by atoms with Crippen LogP contribution in [0, 0.1) is 11.8 Å². The van der Waals surface area contributed by atoms with Crippen molar-refractivity contribution in [1.29, 1.82) is 0 Å². The largest absolute Gasteiger partial charge is 0.465 e. The predicted molar refractivity (Wildman–Crippen MR) is 118 cm³/mol. The van der Waals surface area contributed by atoms with Crippen LogP contribution >= 0.6 is 0 Å². The van der Waals surface area contributed by atoms with E-state index < -0.39 is 35.7 Å². The predicted octanol–water partition coefficient (Wildman–Crippen LogP) is 2.85. The molecule has 3 unspecified atom stereocenters. The number of carboxylic acid groups (broad SMARTS) is 1. The molecule has 1 aromatic carbocycles. The molecule has 2 fully saturated rings. The first-order valence-electron chi connectivity index (χ1n) is 11.1. The van der Waals surface area contributed by atoms with Crippen LogP contribution in [0.15, 0.2) is 30.3 Å². The van der Waals surface area contributed by atoms with Crippen LogP contribution in [0.2, 0.25) is 0 Å². The van der Waals surface area contributed by atoms with Gasteiger partial charge in [-0.15, -0.1) is 0 Å². The number of fused-ring (bicyclic) bond motifs is 1. The fraction of sp³-hybridized carbons (Fsp3) is 0.625. The van der Waals surface area contributed by atoms with Crippen LogP contribution in [0.1, 0.15) is 46.1 Å². The van der Waals surface area contributed by atoms with Gasteiger partial charge in [0.05, 0.1) is 18.1 Å². The number of likely N-dealkylation sites (tertiary alicyclic amines) is 1. The lowest BCUT2D eigenvalue weighted by Gasteiger charge is -2.34. The number of methoxy groups -OCH3 is 1. The lowest BCUT2D eigenvalue weighted by molar-refractivity contribution is -0.159. The van der Waals surface area contributed by atoms with Crippen molar-refractivity contribution in [3.63, 3.8) is 0 Å². The van der Waals surface area contributed by atoms with Crippen molar-refractivity contribution in [3.05, 3.63) is 35.9 Å². The summed E-state index contributed by atoms with van der Waals surface area (Å²) in [6.45, 7) is 7.05. The number of nitrogens with zero attached hydrogens (tertiary/aromatic N) is 1. The lowest BCUT2D eigenvalue weighted by Crippen LogP contribution is -2.53. The third-order valence-corrected chi connectivity index (χ3v) is 6.21. The lowest BCUT2D eigenvalue weighted by atomic mass is 9.93. The molecule has 1 saturated heterocycles. The van der Waals surface area contributed by atoms with Crippen LogP contribution in [0.25, 0.3) is 0 Å². The van der Waals surface area contributed by atoms with Gasteiger partial charge in [-0.25, -0.2) is 9.59 Å². The first kappa shape index (κ1) is 24.0. The Morgan fingerprint density at radius 2 is 1.84 bits per heavy atom. The van der Waals surface area contributed by atoms with Gasteiger partial charge in [-0.2, -0.15) is 0 Å². The summed E-state index contributed by atoms with van der Waals surface area (Å²) in [5.41, 5.74) is 0.206. The van der Waals surface area contributed by atoms with Crippen molar-refractivity contribution in [2.75, 3.05) is 7.11 Å². The molecule has 176 valence electrons. The van der Waals surface area contributed by atoms with E-state index in [0.29, 0.717) is 18.8 Å². The van der Waals surface area contributed by atoms with Gasteiger partial charge < -0.3 is 19.9 Å². The van der Waals surface area contributed by atoms with Crippen molar-refractivity contribution in [3.8, 4) is 0 Å². The van der Waals surface area contributed by atoms with Gasteiger partial charge in [0.15, 0.2) is 0 Å². The number of hydrogen-bond acceptors (Lipinski definition) is 5. The van der Waals surface area contributed by atoms with Crippen molar-refractivity contribution < 1.29 is 29.0 Å². The molecular weight excluding hydrogens is 412 g/mol. The van der Waals surface area contributed by atoms with Gasteiger partial charge in [0.1, 0.15) is 11.6 Å². The Morgan fingerprint density at radius 1 is 1.19 bits per heavy atom. The zero-order valence-corrected chi connectivity index (χ0v) is 19.4. The number of nitrogens with one attached hydrogen (secondary N) is 1. The van der Waals surface area contributed by atoms with E-state index in [1.165, 1.54) is 12.0 Å². The van der Waals surface area contributed by atoms with E-state index in [4.69, 9.17) is 9.47 Å². The molecule has 6 atom stereocenters. The van der Waals surface area contributed by atoms with Gasteiger partial charge in [-0.3, -0.25) is 9.69 Å². The highest BCUT2D eigenvalue weighted by Crippen LogP contribution is 2.49. The van der Waals surface area contributed by atoms with E-state index in [-0.39, 0.29) is 18.0 Å². The zero-order valence-electron chi connectivity index (χ0n) is 19.4. The first-order valence-corrected chi connectivity index (χ1v) is 11.1. The third-order valence-electron chi connectivity index (χ3n) is 6.21. The number of hydrogen-bond donors (Lipinski definition) is 2. The Morgan fingerprint density at radius 3 is 2.41 bits per heavy atom. The van der Waals surface area contributed by atoms with E-state index >= 15 is 0 Å². The van der Waals surface area contributed by atoms with Crippen LogP contribution in [0.3, 0.4) is 0 Å². The normalized spacial score (nSPS) is 24.8. The van der Waals surface area contributed by atoms with Crippen LogP contribution in [-0.4, -0.2) is 64.9 Å². The summed E-state index contributed by atoms with van der Waals surface area (Å²) in [6, 6.07) is 8.19. The van der Waals surface area contributed by atoms with Crippen molar-refractivity contribution in [1.82, 2.24) is 10.2 Å². The molecule has 2 amide bonds. The minimum atomic E-state index is -0.981. The number of amides is 2.